The monoisotopic (exact) mass is 289 g/mol. The normalized spacial score (nSPS) is 19.9. The number of amides is 1. The van der Waals surface area contributed by atoms with Crippen LogP contribution in [-0.4, -0.2) is 15.5 Å². The molecule has 0 aromatic carbocycles. The highest BCUT2D eigenvalue weighted by Gasteiger charge is 2.27. The standard InChI is InChI=1S/C14H15N3O2S/c1-8-4-3-5-11(12(18)15-8)17-9(2)16-13-10(14(17)19)6-7-20-13/h6-7,11H,1,3-5H2,2H3,(H,15,18). The summed E-state index contributed by atoms with van der Waals surface area (Å²) in [7, 11) is 0. The first-order valence-corrected chi connectivity index (χ1v) is 7.41. The molecule has 0 aliphatic carbocycles. The van der Waals surface area contributed by atoms with Gasteiger partial charge in [-0.25, -0.2) is 4.98 Å². The number of nitrogens with zero attached hydrogens (tertiary/aromatic N) is 2. The van der Waals surface area contributed by atoms with Crippen molar-refractivity contribution in [2.24, 2.45) is 0 Å². The number of aromatic nitrogens is 2. The maximum atomic E-state index is 12.6. The molecule has 1 atom stereocenters. The molecule has 0 saturated carbocycles. The molecule has 2 aromatic rings. The molecule has 1 aliphatic rings. The number of fused-ring (bicyclic) bond motifs is 1. The van der Waals surface area contributed by atoms with Gasteiger partial charge >= 0.3 is 0 Å². The largest absolute Gasteiger partial charge is 0.329 e. The van der Waals surface area contributed by atoms with Crippen molar-refractivity contribution in [2.75, 3.05) is 0 Å². The fraction of sp³-hybridized carbons (Fsp3) is 0.357. The quantitative estimate of drug-likeness (QED) is 0.874. The van der Waals surface area contributed by atoms with E-state index < -0.39 is 6.04 Å². The molecule has 6 heteroatoms. The fourth-order valence-electron chi connectivity index (χ4n) is 2.60. The second kappa shape index (κ2) is 4.86. The Labute approximate surface area is 119 Å². The minimum absolute atomic E-state index is 0.138. The lowest BCUT2D eigenvalue weighted by Gasteiger charge is -2.18. The average molecular weight is 289 g/mol. The summed E-state index contributed by atoms with van der Waals surface area (Å²) in [5.41, 5.74) is 0.578. The summed E-state index contributed by atoms with van der Waals surface area (Å²) in [4.78, 5) is 30.0. The van der Waals surface area contributed by atoms with Crippen LogP contribution in [0.4, 0.5) is 0 Å². The van der Waals surface area contributed by atoms with E-state index in [9.17, 15) is 9.59 Å². The van der Waals surface area contributed by atoms with Crippen LogP contribution in [0, 0.1) is 6.92 Å². The van der Waals surface area contributed by atoms with Crippen molar-refractivity contribution in [3.05, 3.63) is 39.9 Å². The van der Waals surface area contributed by atoms with Gasteiger partial charge in [-0.1, -0.05) is 6.58 Å². The molecule has 0 bridgehead atoms. The van der Waals surface area contributed by atoms with E-state index in [0.29, 0.717) is 23.3 Å². The number of thiophene rings is 1. The summed E-state index contributed by atoms with van der Waals surface area (Å²) in [5, 5.41) is 5.19. The van der Waals surface area contributed by atoms with Crippen molar-refractivity contribution in [3.63, 3.8) is 0 Å². The Morgan fingerprint density at radius 1 is 1.50 bits per heavy atom. The van der Waals surface area contributed by atoms with Crippen LogP contribution in [0.1, 0.15) is 31.1 Å². The zero-order valence-corrected chi connectivity index (χ0v) is 12.0. The number of rotatable bonds is 1. The van der Waals surface area contributed by atoms with Gasteiger partial charge in [-0.2, -0.15) is 0 Å². The molecule has 2 aromatic heterocycles. The third-order valence-electron chi connectivity index (χ3n) is 3.58. The number of carbonyl (C=O) groups is 1. The molecular weight excluding hydrogens is 274 g/mol. The second-order valence-electron chi connectivity index (χ2n) is 4.97. The van der Waals surface area contributed by atoms with Crippen LogP contribution in [0.15, 0.2) is 28.5 Å². The minimum Gasteiger partial charge on any atom is -0.329 e. The summed E-state index contributed by atoms with van der Waals surface area (Å²) in [6.45, 7) is 5.58. The first-order chi connectivity index (χ1) is 9.58. The van der Waals surface area contributed by atoms with Crippen molar-refractivity contribution >= 4 is 27.5 Å². The van der Waals surface area contributed by atoms with E-state index in [0.717, 1.165) is 17.7 Å². The molecule has 0 radical (unpaired) electrons. The van der Waals surface area contributed by atoms with Gasteiger partial charge in [0, 0.05) is 5.70 Å². The Hall–Kier alpha value is -1.95. The van der Waals surface area contributed by atoms with Crippen LogP contribution in [0.3, 0.4) is 0 Å². The Bertz CT molecular complexity index is 759. The summed E-state index contributed by atoms with van der Waals surface area (Å²) in [5.74, 6) is 0.409. The lowest BCUT2D eigenvalue weighted by Crippen LogP contribution is -2.36. The summed E-state index contributed by atoms with van der Waals surface area (Å²) < 4.78 is 1.52. The van der Waals surface area contributed by atoms with Crippen molar-refractivity contribution in [2.45, 2.75) is 32.2 Å². The van der Waals surface area contributed by atoms with Crippen LogP contribution < -0.4 is 10.9 Å². The maximum Gasteiger partial charge on any atom is 0.263 e. The zero-order chi connectivity index (χ0) is 14.3. The Morgan fingerprint density at radius 3 is 3.10 bits per heavy atom. The third-order valence-corrected chi connectivity index (χ3v) is 4.38. The van der Waals surface area contributed by atoms with Crippen molar-refractivity contribution < 1.29 is 4.79 Å². The number of nitrogens with one attached hydrogen (secondary N) is 1. The molecule has 1 fully saturated rings. The number of hydrogen-bond acceptors (Lipinski definition) is 4. The Kier molecular flexibility index (Phi) is 3.17. The van der Waals surface area contributed by atoms with Crippen molar-refractivity contribution in [1.29, 1.82) is 0 Å². The maximum absolute atomic E-state index is 12.6. The smallest absolute Gasteiger partial charge is 0.263 e. The molecule has 1 amide bonds. The van der Waals surface area contributed by atoms with E-state index >= 15 is 0 Å². The van der Waals surface area contributed by atoms with Crippen LogP contribution in [-0.2, 0) is 4.79 Å². The lowest BCUT2D eigenvalue weighted by molar-refractivity contribution is -0.123. The predicted molar refractivity (Wildman–Crippen MR) is 78.8 cm³/mol. The lowest BCUT2D eigenvalue weighted by atomic mass is 10.1. The van der Waals surface area contributed by atoms with Crippen LogP contribution in [0.5, 0.6) is 0 Å². The Morgan fingerprint density at radius 2 is 2.30 bits per heavy atom. The predicted octanol–water partition coefficient (Wildman–Crippen LogP) is 2.12. The first-order valence-electron chi connectivity index (χ1n) is 6.53. The van der Waals surface area contributed by atoms with Gasteiger partial charge in [-0.3, -0.25) is 14.2 Å². The van der Waals surface area contributed by atoms with Crippen LogP contribution in [0.25, 0.3) is 10.2 Å². The third kappa shape index (κ3) is 2.06. The van der Waals surface area contributed by atoms with Gasteiger partial charge in [0.25, 0.3) is 5.56 Å². The molecule has 3 rings (SSSR count). The van der Waals surface area contributed by atoms with Crippen molar-refractivity contribution in [3.8, 4) is 0 Å². The summed E-state index contributed by atoms with van der Waals surface area (Å²) in [6.07, 6.45) is 2.21. The highest BCUT2D eigenvalue weighted by molar-refractivity contribution is 7.16. The summed E-state index contributed by atoms with van der Waals surface area (Å²) in [6, 6.07) is 1.26. The minimum atomic E-state index is -0.501. The first kappa shape index (κ1) is 13.1. The number of hydrogen-bond donors (Lipinski definition) is 1. The number of allylic oxidation sites excluding steroid dienone is 1. The molecule has 1 aliphatic heterocycles. The molecule has 1 unspecified atom stereocenters. The van der Waals surface area contributed by atoms with E-state index in [2.05, 4.69) is 16.9 Å². The van der Waals surface area contributed by atoms with Crippen LogP contribution in [0.2, 0.25) is 0 Å². The van der Waals surface area contributed by atoms with E-state index in [1.54, 1.807) is 13.0 Å². The van der Waals surface area contributed by atoms with Crippen LogP contribution >= 0.6 is 11.3 Å². The number of carbonyl (C=O) groups excluding carboxylic acids is 1. The number of aryl methyl sites for hydroxylation is 1. The van der Waals surface area contributed by atoms with Crippen molar-refractivity contribution in [1.82, 2.24) is 14.9 Å². The van der Waals surface area contributed by atoms with E-state index in [-0.39, 0.29) is 11.5 Å². The molecule has 104 valence electrons. The van der Waals surface area contributed by atoms with Gasteiger partial charge in [-0.15, -0.1) is 11.3 Å². The van der Waals surface area contributed by atoms with Gasteiger partial charge in [0.05, 0.1) is 5.39 Å². The molecule has 1 N–H and O–H groups in total. The molecule has 5 nitrogen and oxygen atoms in total. The van der Waals surface area contributed by atoms with E-state index in [1.165, 1.54) is 15.9 Å². The molecule has 1 saturated heterocycles. The highest BCUT2D eigenvalue weighted by Crippen LogP contribution is 2.23. The van der Waals surface area contributed by atoms with Gasteiger partial charge in [0.15, 0.2) is 0 Å². The molecule has 0 spiro atoms. The SMILES string of the molecule is C=C1CCCC(n2c(C)nc3sccc3c2=O)C(=O)N1. The Balaban J connectivity index is 2.15. The highest BCUT2D eigenvalue weighted by atomic mass is 32.1. The van der Waals surface area contributed by atoms with E-state index in [1.807, 2.05) is 5.38 Å². The van der Waals surface area contributed by atoms with E-state index in [4.69, 9.17) is 0 Å². The van der Waals surface area contributed by atoms with Gasteiger partial charge in [0.2, 0.25) is 5.91 Å². The van der Waals surface area contributed by atoms with Gasteiger partial charge in [0.1, 0.15) is 16.7 Å². The van der Waals surface area contributed by atoms with Gasteiger partial charge in [-0.05, 0) is 37.6 Å². The fourth-order valence-corrected chi connectivity index (χ4v) is 3.40. The topological polar surface area (TPSA) is 64.0 Å². The van der Waals surface area contributed by atoms with Gasteiger partial charge < -0.3 is 5.32 Å². The average Bonchev–Trinajstić information content (AvgIpc) is 2.78. The molecule has 3 heterocycles. The second-order valence-corrected chi connectivity index (χ2v) is 5.87. The molecular formula is C14H15N3O2S. The molecule has 20 heavy (non-hydrogen) atoms. The zero-order valence-electron chi connectivity index (χ0n) is 11.2. The summed E-state index contributed by atoms with van der Waals surface area (Å²) >= 11 is 1.44.